The Morgan fingerprint density at radius 3 is 2.86 bits per heavy atom. The molecule has 3 rings (SSSR count). The normalized spacial score (nSPS) is 10.5. The van der Waals surface area contributed by atoms with Crippen LogP contribution in [0.5, 0.6) is 11.5 Å². The Bertz CT molecular complexity index is 1040. The fourth-order valence-electron chi connectivity index (χ4n) is 2.72. The van der Waals surface area contributed by atoms with Gasteiger partial charge in [-0.2, -0.15) is 5.10 Å². The minimum atomic E-state index is 0.170. The van der Waals surface area contributed by atoms with Gasteiger partial charge in [-0.25, -0.2) is 4.98 Å². The number of terminal acetylenes is 1. The summed E-state index contributed by atoms with van der Waals surface area (Å²) in [5.74, 6) is 3.70. The molecule has 0 atom stereocenters. The molecule has 0 amide bonds. The summed E-state index contributed by atoms with van der Waals surface area (Å²) < 4.78 is 11.1. The molecule has 0 spiro atoms. The van der Waals surface area contributed by atoms with Crippen LogP contribution >= 0.6 is 11.3 Å². The molecule has 0 fully saturated rings. The SMILES string of the molecule is C#CCOc1c(CC=C)cc(C=NNc2nc(-c3ccccc3)cs2)cc1OC. The van der Waals surface area contributed by atoms with Crippen LogP contribution in [0.15, 0.2) is 65.6 Å². The van der Waals surface area contributed by atoms with Gasteiger partial charge >= 0.3 is 0 Å². The highest BCUT2D eigenvalue weighted by Crippen LogP contribution is 2.33. The second-order valence-corrected chi connectivity index (χ2v) is 6.83. The molecule has 0 unspecified atom stereocenters. The number of hydrogen-bond donors (Lipinski definition) is 1. The molecule has 29 heavy (non-hydrogen) atoms. The number of nitrogens with one attached hydrogen (secondary N) is 1. The van der Waals surface area contributed by atoms with Crippen molar-refractivity contribution >= 4 is 22.7 Å². The molecule has 0 aliphatic rings. The van der Waals surface area contributed by atoms with Crippen LogP contribution in [-0.2, 0) is 6.42 Å². The maximum absolute atomic E-state index is 5.66. The second kappa shape index (κ2) is 10.1. The zero-order valence-corrected chi connectivity index (χ0v) is 16.9. The summed E-state index contributed by atoms with van der Waals surface area (Å²) in [5, 5.41) is 7.02. The van der Waals surface area contributed by atoms with Gasteiger partial charge in [-0.1, -0.05) is 42.3 Å². The highest BCUT2D eigenvalue weighted by atomic mass is 32.1. The van der Waals surface area contributed by atoms with Crippen molar-refractivity contribution in [2.45, 2.75) is 6.42 Å². The van der Waals surface area contributed by atoms with Gasteiger partial charge in [-0.05, 0) is 24.1 Å². The number of thiazole rings is 1. The fraction of sp³-hybridized carbons (Fsp3) is 0.130. The lowest BCUT2D eigenvalue weighted by molar-refractivity contribution is 0.328. The lowest BCUT2D eigenvalue weighted by Crippen LogP contribution is -2.02. The van der Waals surface area contributed by atoms with E-state index in [2.05, 4.69) is 28.0 Å². The van der Waals surface area contributed by atoms with Crippen molar-refractivity contribution < 1.29 is 9.47 Å². The predicted octanol–water partition coefficient (Wildman–Crippen LogP) is 5.01. The van der Waals surface area contributed by atoms with E-state index in [-0.39, 0.29) is 6.61 Å². The average molecular weight is 404 g/mol. The summed E-state index contributed by atoms with van der Waals surface area (Å²) in [6.45, 7) is 3.97. The number of ether oxygens (including phenoxy) is 2. The molecule has 0 radical (unpaired) electrons. The Kier molecular flexibility index (Phi) is 7.04. The molecule has 0 saturated carbocycles. The Morgan fingerprint density at radius 1 is 1.31 bits per heavy atom. The Morgan fingerprint density at radius 2 is 2.14 bits per heavy atom. The lowest BCUT2D eigenvalue weighted by atomic mass is 10.1. The molecule has 6 heteroatoms. The fourth-order valence-corrected chi connectivity index (χ4v) is 3.39. The van der Waals surface area contributed by atoms with Crippen LogP contribution in [0, 0.1) is 12.3 Å². The maximum atomic E-state index is 5.66. The third kappa shape index (κ3) is 5.24. The van der Waals surface area contributed by atoms with Crippen LogP contribution in [0.1, 0.15) is 11.1 Å². The number of hydrazone groups is 1. The standard InChI is InChI=1S/C23H21N3O2S/c1-4-9-19-13-17(14-21(27-3)22(19)28-12-5-2)15-24-26-23-25-20(16-29-23)18-10-7-6-8-11-18/h2,4,6-8,10-11,13-16H,1,9,12H2,3H3,(H,25,26). The maximum Gasteiger partial charge on any atom is 0.203 e. The Labute approximate surface area is 174 Å². The topological polar surface area (TPSA) is 55.7 Å². The summed E-state index contributed by atoms with van der Waals surface area (Å²) in [6.07, 6.45) is 9.45. The largest absolute Gasteiger partial charge is 0.493 e. The molecule has 1 heterocycles. The van der Waals surface area contributed by atoms with Crippen molar-refractivity contribution in [1.82, 2.24) is 4.98 Å². The highest BCUT2D eigenvalue weighted by molar-refractivity contribution is 7.14. The van der Waals surface area contributed by atoms with E-state index >= 15 is 0 Å². The van der Waals surface area contributed by atoms with Crippen LogP contribution in [0.3, 0.4) is 0 Å². The van der Waals surface area contributed by atoms with E-state index in [1.54, 1.807) is 19.4 Å². The van der Waals surface area contributed by atoms with Gasteiger partial charge in [0.2, 0.25) is 5.13 Å². The van der Waals surface area contributed by atoms with Crippen LogP contribution < -0.4 is 14.9 Å². The first-order valence-corrected chi connectivity index (χ1v) is 9.81. The van der Waals surface area contributed by atoms with Crippen LogP contribution in [0.25, 0.3) is 11.3 Å². The van der Waals surface area contributed by atoms with Gasteiger partial charge < -0.3 is 9.47 Å². The van der Waals surface area contributed by atoms with E-state index in [1.807, 2.05) is 47.8 Å². The van der Waals surface area contributed by atoms with Gasteiger partial charge in [0.05, 0.1) is 19.0 Å². The number of hydrogen-bond acceptors (Lipinski definition) is 6. The number of benzene rings is 2. The van der Waals surface area contributed by atoms with E-state index in [0.717, 1.165) is 22.4 Å². The van der Waals surface area contributed by atoms with Crippen LogP contribution in [-0.4, -0.2) is 24.9 Å². The van der Waals surface area contributed by atoms with Crippen LogP contribution in [0.2, 0.25) is 0 Å². The Balaban J connectivity index is 1.76. The van der Waals surface area contributed by atoms with Crippen molar-refractivity contribution in [2.24, 2.45) is 5.10 Å². The number of allylic oxidation sites excluding steroid dienone is 1. The first-order valence-electron chi connectivity index (χ1n) is 8.93. The molecule has 0 bridgehead atoms. The van der Waals surface area contributed by atoms with Gasteiger partial charge in [-0.3, -0.25) is 5.43 Å². The molecular formula is C23H21N3O2S. The van der Waals surface area contributed by atoms with E-state index in [0.29, 0.717) is 23.1 Å². The van der Waals surface area contributed by atoms with E-state index < -0.39 is 0 Å². The van der Waals surface area contributed by atoms with E-state index in [4.69, 9.17) is 15.9 Å². The predicted molar refractivity (Wildman–Crippen MR) is 120 cm³/mol. The van der Waals surface area contributed by atoms with Gasteiger partial charge in [-0.15, -0.1) is 24.3 Å². The number of nitrogens with zero attached hydrogens (tertiary/aromatic N) is 2. The molecule has 0 aliphatic carbocycles. The first-order chi connectivity index (χ1) is 14.2. The minimum Gasteiger partial charge on any atom is -0.493 e. The molecule has 3 aromatic rings. The zero-order valence-electron chi connectivity index (χ0n) is 16.1. The summed E-state index contributed by atoms with van der Waals surface area (Å²) in [7, 11) is 1.59. The van der Waals surface area contributed by atoms with Crippen molar-refractivity contribution in [3.63, 3.8) is 0 Å². The molecule has 1 N–H and O–H groups in total. The minimum absolute atomic E-state index is 0.170. The molecule has 146 valence electrons. The molecule has 2 aromatic carbocycles. The highest BCUT2D eigenvalue weighted by Gasteiger charge is 2.12. The number of rotatable bonds is 9. The summed E-state index contributed by atoms with van der Waals surface area (Å²) >= 11 is 1.50. The van der Waals surface area contributed by atoms with Gasteiger partial charge in [0.1, 0.15) is 6.61 Å². The molecule has 5 nitrogen and oxygen atoms in total. The van der Waals surface area contributed by atoms with Crippen LogP contribution in [0.4, 0.5) is 5.13 Å². The number of methoxy groups -OCH3 is 1. The van der Waals surface area contributed by atoms with Crippen molar-refractivity contribution in [2.75, 3.05) is 19.1 Å². The average Bonchev–Trinajstić information content (AvgIpc) is 3.22. The smallest absolute Gasteiger partial charge is 0.203 e. The zero-order chi connectivity index (χ0) is 20.5. The molecular weight excluding hydrogens is 382 g/mol. The first kappa shape index (κ1) is 20.2. The quantitative estimate of drug-likeness (QED) is 0.236. The van der Waals surface area contributed by atoms with Gasteiger partial charge in [0.25, 0.3) is 0 Å². The second-order valence-electron chi connectivity index (χ2n) is 5.97. The Hall–Kier alpha value is -3.56. The van der Waals surface area contributed by atoms with E-state index in [9.17, 15) is 0 Å². The molecule has 1 aromatic heterocycles. The molecule has 0 saturated heterocycles. The summed E-state index contributed by atoms with van der Waals surface area (Å²) in [6, 6.07) is 13.8. The lowest BCUT2D eigenvalue weighted by Gasteiger charge is -2.14. The van der Waals surface area contributed by atoms with Crippen molar-refractivity contribution in [3.05, 3.63) is 71.6 Å². The van der Waals surface area contributed by atoms with Gasteiger partial charge in [0, 0.05) is 16.5 Å². The molecule has 0 aliphatic heterocycles. The summed E-state index contributed by atoms with van der Waals surface area (Å²) in [5.41, 5.74) is 6.75. The number of anilines is 1. The van der Waals surface area contributed by atoms with E-state index in [1.165, 1.54) is 11.3 Å². The van der Waals surface area contributed by atoms with Crippen molar-refractivity contribution in [3.8, 4) is 35.1 Å². The summed E-state index contributed by atoms with van der Waals surface area (Å²) in [4.78, 5) is 4.56. The monoisotopic (exact) mass is 403 g/mol. The third-order valence-corrected chi connectivity index (χ3v) is 4.73. The number of aromatic nitrogens is 1. The van der Waals surface area contributed by atoms with Crippen molar-refractivity contribution in [1.29, 1.82) is 0 Å². The van der Waals surface area contributed by atoms with Gasteiger partial charge in [0.15, 0.2) is 11.5 Å². The third-order valence-electron chi connectivity index (χ3n) is 3.99.